The molecule has 4 nitrogen and oxygen atoms in total. The van der Waals surface area contributed by atoms with Gasteiger partial charge in [0.15, 0.2) is 5.96 Å². The first kappa shape index (κ1) is 17.3. The fourth-order valence-electron chi connectivity index (χ4n) is 2.04. The van der Waals surface area contributed by atoms with E-state index in [1.807, 2.05) is 20.0 Å². The highest BCUT2D eigenvalue weighted by atomic mass is 32.1. The smallest absolute Gasteiger partial charge is 0.191 e. The highest BCUT2D eigenvalue weighted by molar-refractivity contribution is 7.11. The van der Waals surface area contributed by atoms with Crippen LogP contribution in [0.5, 0.6) is 0 Å². The van der Waals surface area contributed by atoms with Crippen molar-refractivity contribution in [2.24, 2.45) is 4.99 Å². The third-order valence-corrected chi connectivity index (χ3v) is 4.01. The van der Waals surface area contributed by atoms with Gasteiger partial charge in [-0.05, 0) is 32.4 Å². The van der Waals surface area contributed by atoms with Crippen LogP contribution in [0.1, 0.15) is 22.4 Å². The number of hydrogen-bond acceptors (Lipinski definition) is 3. The standard InChI is InChI=1S/C16H20F2N4S/c1-3-19-16(22-10-15-21-9-11(2)23-15)20-8-7-12-13(17)5-4-6-14(12)18/h4-6,9H,3,7-8,10H2,1-2H3,(H2,19,20,22). The van der Waals surface area contributed by atoms with Crippen LogP contribution in [0, 0.1) is 18.6 Å². The number of aliphatic imine (C=N–C) groups is 1. The molecule has 0 unspecified atom stereocenters. The second-order valence-electron chi connectivity index (χ2n) is 4.94. The molecule has 0 spiro atoms. The Kier molecular flexibility index (Phi) is 6.46. The average Bonchev–Trinajstić information content (AvgIpc) is 2.93. The first-order valence-electron chi connectivity index (χ1n) is 7.46. The molecule has 2 N–H and O–H groups in total. The number of halogens is 2. The fourth-order valence-corrected chi connectivity index (χ4v) is 2.75. The number of guanidine groups is 1. The summed E-state index contributed by atoms with van der Waals surface area (Å²) in [5.41, 5.74) is 0.0893. The van der Waals surface area contributed by atoms with Gasteiger partial charge in [0, 0.05) is 29.7 Å². The van der Waals surface area contributed by atoms with Crippen LogP contribution >= 0.6 is 11.3 Å². The van der Waals surface area contributed by atoms with Gasteiger partial charge in [0.1, 0.15) is 16.6 Å². The van der Waals surface area contributed by atoms with Gasteiger partial charge < -0.3 is 10.6 Å². The number of thiazole rings is 1. The summed E-state index contributed by atoms with van der Waals surface area (Å²) in [7, 11) is 0. The monoisotopic (exact) mass is 338 g/mol. The molecule has 0 saturated carbocycles. The lowest BCUT2D eigenvalue weighted by Crippen LogP contribution is -2.38. The van der Waals surface area contributed by atoms with E-state index < -0.39 is 11.6 Å². The maximum absolute atomic E-state index is 13.6. The highest BCUT2D eigenvalue weighted by Crippen LogP contribution is 2.13. The van der Waals surface area contributed by atoms with Crippen LogP contribution in [0.2, 0.25) is 0 Å². The van der Waals surface area contributed by atoms with Crippen LogP contribution < -0.4 is 10.6 Å². The van der Waals surface area contributed by atoms with Crippen molar-refractivity contribution in [2.45, 2.75) is 26.8 Å². The Morgan fingerprint density at radius 3 is 2.61 bits per heavy atom. The van der Waals surface area contributed by atoms with Crippen molar-refractivity contribution in [2.75, 3.05) is 13.1 Å². The van der Waals surface area contributed by atoms with Crippen molar-refractivity contribution >= 4 is 17.3 Å². The molecule has 7 heteroatoms. The second-order valence-corrected chi connectivity index (χ2v) is 6.26. The van der Waals surface area contributed by atoms with Gasteiger partial charge in [0.05, 0.1) is 6.54 Å². The van der Waals surface area contributed by atoms with Crippen molar-refractivity contribution in [3.63, 3.8) is 0 Å². The quantitative estimate of drug-likeness (QED) is 0.629. The van der Waals surface area contributed by atoms with Gasteiger partial charge >= 0.3 is 0 Å². The summed E-state index contributed by atoms with van der Waals surface area (Å²) in [6.07, 6.45) is 2.07. The maximum Gasteiger partial charge on any atom is 0.191 e. The number of nitrogens with zero attached hydrogens (tertiary/aromatic N) is 2. The molecular formula is C16H20F2N4S. The summed E-state index contributed by atoms with van der Waals surface area (Å²) in [4.78, 5) is 9.83. The number of aromatic nitrogens is 1. The van der Waals surface area contributed by atoms with Gasteiger partial charge in [-0.1, -0.05) is 6.07 Å². The largest absolute Gasteiger partial charge is 0.357 e. The predicted molar refractivity (Wildman–Crippen MR) is 89.7 cm³/mol. The van der Waals surface area contributed by atoms with Gasteiger partial charge in [0.2, 0.25) is 0 Å². The number of aryl methyl sites for hydroxylation is 1. The first-order valence-corrected chi connectivity index (χ1v) is 8.28. The molecule has 0 aliphatic carbocycles. The second kappa shape index (κ2) is 8.57. The summed E-state index contributed by atoms with van der Waals surface area (Å²) in [6.45, 7) is 5.53. The van der Waals surface area contributed by atoms with Crippen molar-refractivity contribution < 1.29 is 8.78 Å². The molecule has 0 fully saturated rings. The van der Waals surface area contributed by atoms with Gasteiger partial charge in [-0.3, -0.25) is 0 Å². The van der Waals surface area contributed by atoms with E-state index in [1.165, 1.54) is 18.2 Å². The van der Waals surface area contributed by atoms with Crippen molar-refractivity contribution in [1.29, 1.82) is 0 Å². The average molecular weight is 338 g/mol. The minimum Gasteiger partial charge on any atom is -0.357 e. The molecule has 2 aromatic rings. The molecule has 1 heterocycles. The predicted octanol–water partition coefficient (Wildman–Crippen LogP) is 3.03. The maximum atomic E-state index is 13.6. The summed E-state index contributed by atoms with van der Waals surface area (Å²) >= 11 is 1.60. The topological polar surface area (TPSA) is 49.3 Å². The molecule has 0 atom stereocenters. The lowest BCUT2D eigenvalue weighted by Gasteiger charge is -2.11. The van der Waals surface area contributed by atoms with Crippen LogP contribution in [-0.4, -0.2) is 24.0 Å². The Labute approximate surface area is 138 Å². The van der Waals surface area contributed by atoms with Crippen LogP contribution in [0.4, 0.5) is 8.78 Å². The SMILES string of the molecule is CCNC(=NCc1ncc(C)s1)NCCc1c(F)cccc1F. The molecular weight excluding hydrogens is 318 g/mol. The Morgan fingerprint density at radius 2 is 2.00 bits per heavy atom. The molecule has 2 rings (SSSR count). The minimum absolute atomic E-state index is 0.0893. The van der Waals surface area contributed by atoms with Crippen LogP contribution in [0.3, 0.4) is 0 Å². The summed E-state index contributed by atoms with van der Waals surface area (Å²) in [5, 5.41) is 7.12. The third-order valence-electron chi connectivity index (χ3n) is 3.11. The van der Waals surface area contributed by atoms with E-state index in [2.05, 4.69) is 20.6 Å². The zero-order valence-corrected chi connectivity index (χ0v) is 14.0. The van der Waals surface area contributed by atoms with Crippen LogP contribution in [-0.2, 0) is 13.0 Å². The third kappa shape index (κ3) is 5.28. The molecule has 0 aliphatic rings. The van der Waals surface area contributed by atoms with E-state index in [1.54, 1.807) is 11.3 Å². The number of benzene rings is 1. The number of hydrogen-bond donors (Lipinski definition) is 2. The zero-order valence-electron chi connectivity index (χ0n) is 13.2. The molecule has 0 aliphatic heterocycles. The molecule has 1 aromatic heterocycles. The molecule has 0 amide bonds. The Morgan fingerprint density at radius 1 is 1.26 bits per heavy atom. The van der Waals surface area contributed by atoms with E-state index in [0.29, 0.717) is 25.6 Å². The Bertz CT molecular complexity index is 650. The van der Waals surface area contributed by atoms with Crippen molar-refractivity contribution in [3.05, 3.63) is 51.5 Å². The Hall–Kier alpha value is -2.02. The van der Waals surface area contributed by atoms with Gasteiger partial charge in [-0.25, -0.2) is 18.8 Å². The van der Waals surface area contributed by atoms with Crippen LogP contribution in [0.25, 0.3) is 0 Å². The molecule has 0 bridgehead atoms. The normalized spacial score (nSPS) is 11.6. The Balaban J connectivity index is 1.91. The zero-order chi connectivity index (χ0) is 16.7. The first-order chi connectivity index (χ1) is 11.1. The van der Waals surface area contributed by atoms with Gasteiger partial charge in [0.25, 0.3) is 0 Å². The molecule has 124 valence electrons. The van der Waals surface area contributed by atoms with E-state index in [9.17, 15) is 8.78 Å². The number of nitrogens with one attached hydrogen (secondary N) is 2. The molecule has 0 radical (unpaired) electrons. The molecule has 23 heavy (non-hydrogen) atoms. The molecule has 1 aromatic carbocycles. The summed E-state index contributed by atoms with van der Waals surface area (Å²) < 4.78 is 27.1. The highest BCUT2D eigenvalue weighted by Gasteiger charge is 2.08. The molecule has 0 saturated heterocycles. The van der Waals surface area contributed by atoms with Crippen molar-refractivity contribution in [3.8, 4) is 0 Å². The van der Waals surface area contributed by atoms with E-state index in [0.717, 1.165) is 9.88 Å². The van der Waals surface area contributed by atoms with E-state index in [-0.39, 0.29) is 12.0 Å². The summed E-state index contributed by atoms with van der Waals surface area (Å²) in [6, 6.07) is 3.90. The van der Waals surface area contributed by atoms with Gasteiger partial charge in [-0.2, -0.15) is 0 Å². The van der Waals surface area contributed by atoms with Crippen LogP contribution in [0.15, 0.2) is 29.4 Å². The number of rotatable bonds is 6. The van der Waals surface area contributed by atoms with Crippen molar-refractivity contribution in [1.82, 2.24) is 15.6 Å². The lowest BCUT2D eigenvalue weighted by molar-refractivity contribution is 0.553. The summed E-state index contributed by atoms with van der Waals surface area (Å²) in [5.74, 6) is -0.434. The van der Waals surface area contributed by atoms with E-state index >= 15 is 0 Å². The lowest BCUT2D eigenvalue weighted by atomic mass is 10.1. The fraction of sp³-hybridized carbons (Fsp3) is 0.375. The minimum atomic E-state index is -0.521. The van der Waals surface area contributed by atoms with E-state index in [4.69, 9.17) is 0 Å². The van der Waals surface area contributed by atoms with Gasteiger partial charge in [-0.15, -0.1) is 11.3 Å².